The van der Waals surface area contributed by atoms with Crippen molar-refractivity contribution in [3.8, 4) is 0 Å². The number of hydrogen-bond donors (Lipinski definition) is 1. The molecule has 0 saturated heterocycles. The highest BCUT2D eigenvalue weighted by molar-refractivity contribution is 5.96. The van der Waals surface area contributed by atoms with Crippen LogP contribution in [0.25, 0.3) is 0 Å². The minimum absolute atomic E-state index is 0.135. The highest BCUT2D eigenvalue weighted by Gasteiger charge is 2.25. The number of fused-ring (bicyclic) bond motifs is 1. The monoisotopic (exact) mass is 244 g/mol. The number of anilines is 1. The fourth-order valence-electron chi connectivity index (χ4n) is 2.41. The van der Waals surface area contributed by atoms with Gasteiger partial charge in [0.05, 0.1) is 6.54 Å². The van der Waals surface area contributed by atoms with E-state index >= 15 is 0 Å². The zero-order chi connectivity index (χ0) is 13.0. The first-order chi connectivity index (χ1) is 8.72. The second-order valence-electron chi connectivity index (χ2n) is 4.86. The van der Waals surface area contributed by atoms with Crippen LogP contribution in [-0.2, 0) is 11.2 Å². The largest absolute Gasteiger partial charge is 0.311 e. The summed E-state index contributed by atoms with van der Waals surface area (Å²) >= 11 is 0. The van der Waals surface area contributed by atoms with Gasteiger partial charge < -0.3 is 10.2 Å². The van der Waals surface area contributed by atoms with Gasteiger partial charge in [-0.1, -0.05) is 31.2 Å². The Balaban J connectivity index is 2.13. The van der Waals surface area contributed by atoms with Crippen molar-refractivity contribution in [2.75, 3.05) is 24.5 Å². The van der Waals surface area contributed by atoms with Crippen LogP contribution >= 0.6 is 0 Å². The summed E-state index contributed by atoms with van der Waals surface area (Å²) in [5.74, 6) is 0.652. The molecule has 0 aromatic heterocycles. The summed E-state index contributed by atoms with van der Waals surface area (Å²) in [6.07, 6.45) is 2.82. The lowest BCUT2D eigenvalue weighted by Crippen LogP contribution is -2.43. The predicted molar refractivity (Wildman–Crippen MR) is 74.7 cm³/mol. The number of nitrogens with one attached hydrogen (secondary N) is 1. The van der Waals surface area contributed by atoms with Crippen LogP contribution in [0.1, 0.15) is 12.5 Å². The SMILES string of the molecule is C=CCNCC(=O)N1CC(C)Cc2ccccc21. The molecule has 2 rings (SSSR count). The minimum Gasteiger partial charge on any atom is -0.311 e. The van der Waals surface area contributed by atoms with Crippen LogP contribution in [0.2, 0.25) is 0 Å². The molecule has 0 fully saturated rings. The van der Waals surface area contributed by atoms with E-state index in [0.29, 0.717) is 19.0 Å². The van der Waals surface area contributed by atoms with E-state index in [1.807, 2.05) is 23.1 Å². The third-order valence-electron chi connectivity index (χ3n) is 3.21. The van der Waals surface area contributed by atoms with Crippen molar-refractivity contribution in [1.29, 1.82) is 0 Å². The van der Waals surface area contributed by atoms with Crippen LogP contribution < -0.4 is 10.2 Å². The Hall–Kier alpha value is -1.61. The number of para-hydroxylation sites is 1. The molecule has 1 atom stereocenters. The van der Waals surface area contributed by atoms with Gasteiger partial charge in [0.1, 0.15) is 0 Å². The average Bonchev–Trinajstić information content (AvgIpc) is 2.38. The van der Waals surface area contributed by atoms with Crippen molar-refractivity contribution in [3.05, 3.63) is 42.5 Å². The molecule has 0 radical (unpaired) electrons. The Morgan fingerprint density at radius 3 is 3.11 bits per heavy atom. The Bertz CT molecular complexity index is 442. The number of nitrogens with zero attached hydrogens (tertiary/aromatic N) is 1. The summed E-state index contributed by atoms with van der Waals surface area (Å²) in [6.45, 7) is 7.66. The lowest BCUT2D eigenvalue weighted by atomic mass is 9.94. The van der Waals surface area contributed by atoms with Gasteiger partial charge in [-0.2, -0.15) is 0 Å². The fourth-order valence-corrected chi connectivity index (χ4v) is 2.41. The third-order valence-corrected chi connectivity index (χ3v) is 3.21. The summed E-state index contributed by atoms with van der Waals surface area (Å²) in [7, 11) is 0. The van der Waals surface area contributed by atoms with Crippen LogP contribution in [0.5, 0.6) is 0 Å². The predicted octanol–water partition coefficient (Wildman–Crippen LogP) is 1.99. The standard InChI is InChI=1S/C15H20N2O/c1-3-8-16-10-15(18)17-11-12(2)9-13-6-4-5-7-14(13)17/h3-7,12,16H,1,8-11H2,2H3. The van der Waals surface area contributed by atoms with Gasteiger partial charge in [0.25, 0.3) is 0 Å². The van der Waals surface area contributed by atoms with Crippen LogP contribution in [0.3, 0.4) is 0 Å². The first kappa shape index (κ1) is 12.8. The first-order valence-electron chi connectivity index (χ1n) is 6.42. The van der Waals surface area contributed by atoms with Crippen molar-refractivity contribution in [2.45, 2.75) is 13.3 Å². The maximum atomic E-state index is 12.2. The molecular formula is C15H20N2O. The van der Waals surface area contributed by atoms with Crippen molar-refractivity contribution >= 4 is 11.6 Å². The number of benzene rings is 1. The molecule has 18 heavy (non-hydrogen) atoms. The molecule has 96 valence electrons. The van der Waals surface area contributed by atoms with Gasteiger partial charge in [-0.05, 0) is 24.0 Å². The van der Waals surface area contributed by atoms with E-state index in [1.165, 1.54) is 5.56 Å². The van der Waals surface area contributed by atoms with Gasteiger partial charge in [0.2, 0.25) is 5.91 Å². The van der Waals surface area contributed by atoms with E-state index < -0.39 is 0 Å². The average molecular weight is 244 g/mol. The maximum absolute atomic E-state index is 12.2. The Morgan fingerprint density at radius 1 is 1.56 bits per heavy atom. The van der Waals surface area contributed by atoms with E-state index in [2.05, 4.69) is 24.9 Å². The molecule has 1 aliphatic heterocycles. The summed E-state index contributed by atoms with van der Waals surface area (Å²) in [6, 6.07) is 8.18. The number of rotatable bonds is 4. The van der Waals surface area contributed by atoms with Gasteiger partial charge in [-0.25, -0.2) is 0 Å². The zero-order valence-electron chi connectivity index (χ0n) is 10.9. The van der Waals surface area contributed by atoms with Crippen LogP contribution in [-0.4, -0.2) is 25.5 Å². The van der Waals surface area contributed by atoms with E-state index in [4.69, 9.17) is 0 Å². The molecule has 1 N–H and O–H groups in total. The van der Waals surface area contributed by atoms with E-state index in [0.717, 1.165) is 18.7 Å². The molecule has 1 aliphatic rings. The molecule has 0 bridgehead atoms. The summed E-state index contributed by atoms with van der Waals surface area (Å²) < 4.78 is 0. The Kier molecular flexibility index (Phi) is 4.15. The van der Waals surface area contributed by atoms with E-state index in [-0.39, 0.29) is 5.91 Å². The zero-order valence-corrected chi connectivity index (χ0v) is 10.9. The Labute approximate surface area is 108 Å². The molecule has 1 heterocycles. The van der Waals surface area contributed by atoms with Gasteiger partial charge in [0.15, 0.2) is 0 Å². The van der Waals surface area contributed by atoms with Crippen molar-refractivity contribution < 1.29 is 4.79 Å². The quantitative estimate of drug-likeness (QED) is 0.649. The number of hydrogen-bond acceptors (Lipinski definition) is 2. The second kappa shape index (κ2) is 5.83. The van der Waals surface area contributed by atoms with Gasteiger partial charge in [-0.3, -0.25) is 4.79 Å². The van der Waals surface area contributed by atoms with E-state index in [9.17, 15) is 4.79 Å². The smallest absolute Gasteiger partial charge is 0.240 e. The maximum Gasteiger partial charge on any atom is 0.240 e. The molecule has 0 saturated carbocycles. The lowest BCUT2D eigenvalue weighted by molar-refractivity contribution is -0.118. The van der Waals surface area contributed by atoms with Gasteiger partial charge >= 0.3 is 0 Å². The summed E-state index contributed by atoms with van der Waals surface area (Å²) in [5, 5.41) is 3.07. The molecule has 3 nitrogen and oxygen atoms in total. The van der Waals surface area contributed by atoms with Crippen molar-refractivity contribution in [3.63, 3.8) is 0 Å². The van der Waals surface area contributed by atoms with Crippen LogP contribution in [0, 0.1) is 5.92 Å². The molecule has 1 aromatic rings. The van der Waals surface area contributed by atoms with Gasteiger partial charge in [0, 0.05) is 18.8 Å². The van der Waals surface area contributed by atoms with Crippen LogP contribution in [0.4, 0.5) is 5.69 Å². The minimum atomic E-state index is 0.135. The van der Waals surface area contributed by atoms with Crippen molar-refractivity contribution in [2.24, 2.45) is 5.92 Å². The molecular weight excluding hydrogens is 224 g/mol. The normalized spacial score (nSPS) is 18.3. The molecule has 1 amide bonds. The topological polar surface area (TPSA) is 32.3 Å². The third kappa shape index (κ3) is 2.79. The summed E-state index contributed by atoms with van der Waals surface area (Å²) in [5.41, 5.74) is 2.34. The Morgan fingerprint density at radius 2 is 2.33 bits per heavy atom. The van der Waals surface area contributed by atoms with Crippen molar-refractivity contribution in [1.82, 2.24) is 5.32 Å². The molecule has 0 spiro atoms. The van der Waals surface area contributed by atoms with E-state index in [1.54, 1.807) is 6.08 Å². The lowest BCUT2D eigenvalue weighted by Gasteiger charge is -2.33. The highest BCUT2D eigenvalue weighted by Crippen LogP contribution is 2.29. The molecule has 3 heteroatoms. The highest BCUT2D eigenvalue weighted by atomic mass is 16.2. The fraction of sp³-hybridized carbons (Fsp3) is 0.400. The number of amides is 1. The number of carbonyl (C=O) groups excluding carboxylic acids is 1. The molecule has 1 aromatic carbocycles. The molecule has 0 aliphatic carbocycles. The number of carbonyl (C=O) groups is 1. The summed E-state index contributed by atoms with van der Waals surface area (Å²) in [4.78, 5) is 14.1. The second-order valence-corrected chi connectivity index (χ2v) is 4.86. The molecule has 1 unspecified atom stereocenters. The first-order valence-corrected chi connectivity index (χ1v) is 6.42. The van der Waals surface area contributed by atoms with Gasteiger partial charge in [-0.15, -0.1) is 6.58 Å². The van der Waals surface area contributed by atoms with Crippen LogP contribution in [0.15, 0.2) is 36.9 Å².